The summed E-state index contributed by atoms with van der Waals surface area (Å²) in [6.45, 7) is 3.38. The lowest BCUT2D eigenvalue weighted by atomic mass is 10.2. The van der Waals surface area contributed by atoms with Crippen LogP contribution in [0.4, 0.5) is 22.0 Å². The molecule has 0 heterocycles. The van der Waals surface area contributed by atoms with Crippen molar-refractivity contribution in [1.29, 1.82) is 0 Å². The zero-order chi connectivity index (χ0) is 16.7. The molecule has 1 aromatic carbocycles. The molecule has 8 heteroatoms. The van der Waals surface area contributed by atoms with Crippen LogP contribution in [0.15, 0.2) is 18.7 Å². The molecule has 0 saturated heterocycles. The molecule has 0 fully saturated rings. The molecule has 0 aliphatic rings. The summed E-state index contributed by atoms with van der Waals surface area (Å²) in [6, 6.07) is 0.211. The van der Waals surface area contributed by atoms with Gasteiger partial charge < -0.3 is 10.1 Å². The third-order valence-corrected chi connectivity index (χ3v) is 2.70. The van der Waals surface area contributed by atoms with Gasteiger partial charge in [0.2, 0.25) is 12.3 Å². The van der Waals surface area contributed by atoms with E-state index in [0.29, 0.717) is 19.4 Å². The Morgan fingerprint density at radius 1 is 1.23 bits per heavy atom. The third-order valence-electron chi connectivity index (χ3n) is 2.70. The number of unbranched alkanes of at least 4 members (excludes halogenated alkanes) is 1. The van der Waals surface area contributed by atoms with Gasteiger partial charge in [-0.05, 0) is 25.0 Å². The zero-order valence-electron chi connectivity index (χ0n) is 11.5. The van der Waals surface area contributed by atoms with Crippen molar-refractivity contribution >= 4 is 5.91 Å². The largest absolute Gasteiger partial charge is 0.353 e. The van der Waals surface area contributed by atoms with Crippen LogP contribution in [0.3, 0.4) is 0 Å². The van der Waals surface area contributed by atoms with Gasteiger partial charge in [-0.15, -0.1) is 0 Å². The minimum absolute atomic E-state index is 0.175. The molecule has 0 radical (unpaired) electrons. The number of benzene rings is 1. The molecule has 1 N–H and O–H groups in total. The molecule has 0 spiro atoms. The summed E-state index contributed by atoms with van der Waals surface area (Å²) in [5.74, 6) is -7.99. The fraction of sp³-hybridized carbons (Fsp3) is 0.357. The molecule has 0 bridgehead atoms. The van der Waals surface area contributed by atoms with Crippen molar-refractivity contribution in [3.63, 3.8) is 0 Å². The SMILES string of the molecule is C=CC(=O)NCCCCOC(F)c1cc(F)c(F)c(F)c1F. The molecule has 0 aliphatic carbocycles. The lowest BCUT2D eigenvalue weighted by molar-refractivity contribution is -0.116. The second kappa shape index (κ2) is 8.47. The Balaban J connectivity index is 2.45. The van der Waals surface area contributed by atoms with Gasteiger partial charge in [0.25, 0.3) is 0 Å². The van der Waals surface area contributed by atoms with Crippen molar-refractivity contribution in [1.82, 2.24) is 5.32 Å². The van der Waals surface area contributed by atoms with Crippen LogP contribution in [0.5, 0.6) is 0 Å². The van der Waals surface area contributed by atoms with Crippen LogP contribution in [0.25, 0.3) is 0 Å². The average molecular weight is 323 g/mol. The van der Waals surface area contributed by atoms with Crippen LogP contribution in [-0.2, 0) is 9.53 Å². The Kier molecular flexibility index (Phi) is 6.97. The highest BCUT2D eigenvalue weighted by Gasteiger charge is 2.24. The highest BCUT2D eigenvalue weighted by molar-refractivity contribution is 5.86. The van der Waals surface area contributed by atoms with E-state index in [-0.39, 0.29) is 18.6 Å². The van der Waals surface area contributed by atoms with Gasteiger partial charge in [-0.2, -0.15) is 0 Å². The van der Waals surface area contributed by atoms with Crippen molar-refractivity contribution < 1.29 is 31.5 Å². The molecule has 1 unspecified atom stereocenters. The molecule has 22 heavy (non-hydrogen) atoms. The minimum atomic E-state index is -2.42. The van der Waals surface area contributed by atoms with Crippen molar-refractivity contribution in [2.24, 2.45) is 0 Å². The van der Waals surface area contributed by atoms with E-state index in [1.165, 1.54) is 0 Å². The molecule has 1 amide bonds. The van der Waals surface area contributed by atoms with E-state index in [1.54, 1.807) is 0 Å². The Labute approximate surface area is 123 Å². The second-order valence-electron chi connectivity index (χ2n) is 4.28. The van der Waals surface area contributed by atoms with Crippen LogP contribution in [0.2, 0.25) is 0 Å². The van der Waals surface area contributed by atoms with E-state index in [2.05, 4.69) is 16.6 Å². The van der Waals surface area contributed by atoms with Crippen LogP contribution in [-0.4, -0.2) is 19.1 Å². The molecule has 3 nitrogen and oxygen atoms in total. The summed E-state index contributed by atoms with van der Waals surface area (Å²) < 4.78 is 70.1. The first-order valence-electron chi connectivity index (χ1n) is 6.37. The maximum absolute atomic E-state index is 13.6. The molecule has 1 aromatic rings. The Morgan fingerprint density at radius 2 is 1.91 bits per heavy atom. The highest BCUT2D eigenvalue weighted by atomic mass is 19.2. The van der Waals surface area contributed by atoms with Gasteiger partial charge in [0.05, 0.1) is 12.2 Å². The van der Waals surface area contributed by atoms with Gasteiger partial charge in [0.15, 0.2) is 23.3 Å². The number of nitrogens with one attached hydrogen (secondary N) is 1. The van der Waals surface area contributed by atoms with E-state index >= 15 is 0 Å². The summed E-state index contributed by atoms with van der Waals surface area (Å²) >= 11 is 0. The minimum Gasteiger partial charge on any atom is -0.353 e. The van der Waals surface area contributed by atoms with Crippen LogP contribution >= 0.6 is 0 Å². The highest BCUT2D eigenvalue weighted by Crippen LogP contribution is 2.27. The van der Waals surface area contributed by atoms with E-state index < -0.39 is 35.2 Å². The predicted octanol–water partition coefficient (Wildman–Crippen LogP) is 3.31. The standard InChI is InChI=1S/C14H14F5NO2/c1-2-10(21)20-5-3-4-6-22-14(19)8-7-9(15)12(17)13(18)11(8)16/h2,7,14H,1,3-6H2,(H,20,21). The van der Waals surface area contributed by atoms with Gasteiger partial charge in [-0.25, -0.2) is 22.0 Å². The van der Waals surface area contributed by atoms with Crippen molar-refractivity contribution in [3.05, 3.63) is 47.6 Å². The molecular formula is C14H14F5NO2. The smallest absolute Gasteiger partial charge is 0.243 e. The number of halogens is 5. The monoisotopic (exact) mass is 323 g/mol. The number of ether oxygens (including phenoxy) is 1. The Hall–Kier alpha value is -1.96. The lowest BCUT2D eigenvalue weighted by Crippen LogP contribution is -2.22. The van der Waals surface area contributed by atoms with Crippen molar-refractivity contribution in [2.45, 2.75) is 19.2 Å². The number of alkyl halides is 1. The molecule has 1 atom stereocenters. The van der Waals surface area contributed by atoms with E-state index in [4.69, 9.17) is 0 Å². The average Bonchev–Trinajstić information content (AvgIpc) is 2.51. The fourth-order valence-electron chi connectivity index (χ4n) is 1.54. The topological polar surface area (TPSA) is 38.3 Å². The lowest BCUT2D eigenvalue weighted by Gasteiger charge is -2.12. The van der Waals surface area contributed by atoms with Gasteiger partial charge in [-0.3, -0.25) is 4.79 Å². The fourth-order valence-corrected chi connectivity index (χ4v) is 1.54. The number of hydrogen-bond acceptors (Lipinski definition) is 2. The number of hydrogen-bond donors (Lipinski definition) is 1. The normalized spacial score (nSPS) is 12.0. The number of carbonyl (C=O) groups excluding carboxylic acids is 1. The van der Waals surface area contributed by atoms with Crippen LogP contribution < -0.4 is 5.32 Å². The van der Waals surface area contributed by atoms with Crippen molar-refractivity contribution in [2.75, 3.05) is 13.2 Å². The third kappa shape index (κ3) is 4.80. The van der Waals surface area contributed by atoms with Gasteiger partial charge in [0, 0.05) is 6.54 Å². The summed E-state index contributed by atoms with van der Waals surface area (Å²) in [5, 5.41) is 2.48. The van der Waals surface area contributed by atoms with Crippen LogP contribution in [0.1, 0.15) is 24.8 Å². The predicted molar refractivity (Wildman–Crippen MR) is 68.5 cm³/mol. The number of carbonyl (C=O) groups is 1. The van der Waals surface area contributed by atoms with E-state index in [9.17, 15) is 26.7 Å². The summed E-state index contributed by atoms with van der Waals surface area (Å²) in [7, 11) is 0. The molecule has 122 valence electrons. The number of rotatable bonds is 8. The molecule has 0 aliphatic heterocycles. The maximum Gasteiger partial charge on any atom is 0.243 e. The van der Waals surface area contributed by atoms with E-state index in [0.717, 1.165) is 6.08 Å². The number of amides is 1. The first-order valence-corrected chi connectivity index (χ1v) is 6.37. The Morgan fingerprint density at radius 3 is 2.55 bits per heavy atom. The second-order valence-corrected chi connectivity index (χ2v) is 4.28. The van der Waals surface area contributed by atoms with Gasteiger partial charge >= 0.3 is 0 Å². The quantitative estimate of drug-likeness (QED) is 0.262. The Bertz CT molecular complexity index is 551. The van der Waals surface area contributed by atoms with Gasteiger partial charge in [0.1, 0.15) is 0 Å². The van der Waals surface area contributed by atoms with Gasteiger partial charge in [-0.1, -0.05) is 6.58 Å². The summed E-state index contributed by atoms with van der Waals surface area (Å²) in [4.78, 5) is 10.8. The molecule has 0 saturated carbocycles. The summed E-state index contributed by atoms with van der Waals surface area (Å²) in [5.41, 5.74) is -1.05. The summed E-state index contributed by atoms with van der Waals surface area (Å²) in [6.07, 6.45) is -0.575. The van der Waals surface area contributed by atoms with Crippen LogP contribution in [0, 0.1) is 23.3 Å². The molecule has 0 aromatic heterocycles. The first-order chi connectivity index (χ1) is 10.4. The molecule has 1 rings (SSSR count). The maximum atomic E-state index is 13.6. The van der Waals surface area contributed by atoms with E-state index in [1.807, 2.05) is 0 Å². The first kappa shape index (κ1) is 18.1. The van der Waals surface area contributed by atoms with Crippen molar-refractivity contribution in [3.8, 4) is 0 Å². The zero-order valence-corrected chi connectivity index (χ0v) is 11.5. The molecular weight excluding hydrogens is 309 g/mol.